The number of carbonyl (C=O) groups excluding carboxylic acids is 2. The number of fused-ring (bicyclic) bond motifs is 2. The van der Waals surface area contributed by atoms with Crippen molar-refractivity contribution >= 4 is 34.3 Å². The van der Waals surface area contributed by atoms with Crippen molar-refractivity contribution in [2.24, 2.45) is 0 Å². The fourth-order valence-electron chi connectivity index (χ4n) is 5.39. The van der Waals surface area contributed by atoms with E-state index in [-0.39, 0.29) is 41.0 Å². The fraction of sp³-hybridized carbons (Fsp3) is 0.500. The van der Waals surface area contributed by atoms with E-state index in [4.69, 9.17) is 14.2 Å². The molecule has 0 saturated heterocycles. The molecule has 0 N–H and O–H groups in total. The van der Waals surface area contributed by atoms with E-state index < -0.39 is 28.9 Å². The van der Waals surface area contributed by atoms with Crippen molar-refractivity contribution in [1.82, 2.24) is 9.47 Å². The van der Waals surface area contributed by atoms with E-state index in [1.165, 1.54) is 30.7 Å². The van der Waals surface area contributed by atoms with Crippen LogP contribution in [0.1, 0.15) is 86.3 Å². The SMILES string of the molecule is CCOC(=O)c1cn(C2CC2)c2c(OC)c(-c3cc4c(s3)CCCC4N(C)C(=O)OC(C)(C)C)c(F)cc2c1=O. The number of benzene rings is 1. The van der Waals surface area contributed by atoms with Crippen molar-refractivity contribution in [3.63, 3.8) is 0 Å². The van der Waals surface area contributed by atoms with Gasteiger partial charge < -0.3 is 23.7 Å². The number of ether oxygens (including phenoxy) is 3. The molecule has 1 amide bonds. The molecule has 1 aromatic carbocycles. The predicted molar refractivity (Wildman–Crippen MR) is 152 cm³/mol. The van der Waals surface area contributed by atoms with Gasteiger partial charge in [-0.05, 0) is 77.5 Å². The number of hydrogen-bond acceptors (Lipinski definition) is 7. The van der Waals surface area contributed by atoms with Gasteiger partial charge in [0.05, 0.1) is 36.2 Å². The molecule has 0 bridgehead atoms. The molecule has 2 heterocycles. The maximum absolute atomic E-state index is 16.0. The van der Waals surface area contributed by atoms with Crippen molar-refractivity contribution < 1.29 is 28.2 Å². The Balaban J connectivity index is 1.65. The van der Waals surface area contributed by atoms with Crippen LogP contribution in [0.15, 0.2) is 23.1 Å². The number of halogens is 1. The molecule has 0 spiro atoms. The molecule has 2 aliphatic rings. The zero-order valence-corrected chi connectivity index (χ0v) is 24.6. The van der Waals surface area contributed by atoms with Gasteiger partial charge in [0.25, 0.3) is 0 Å². The van der Waals surface area contributed by atoms with Gasteiger partial charge in [-0.1, -0.05) is 0 Å². The lowest BCUT2D eigenvalue weighted by Crippen LogP contribution is -2.37. The number of amides is 1. The number of carbonyl (C=O) groups is 2. The Morgan fingerprint density at radius 3 is 2.55 bits per heavy atom. The zero-order valence-electron chi connectivity index (χ0n) is 23.8. The molecule has 214 valence electrons. The van der Waals surface area contributed by atoms with Gasteiger partial charge in [-0.15, -0.1) is 11.3 Å². The summed E-state index contributed by atoms with van der Waals surface area (Å²) in [6.45, 7) is 7.30. The third kappa shape index (κ3) is 5.09. The third-order valence-corrected chi connectivity index (χ3v) is 8.57. The second kappa shape index (κ2) is 10.5. The summed E-state index contributed by atoms with van der Waals surface area (Å²) in [7, 11) is 3.20. The van der Waals surface area contributed by atoms with Crippen molar-refractivity contribution in [1.29, 1.82) is 0 Å². The van der Waals surface area contributed by atoms with Crippen LogP contribution in [0, 0.1) is 5.82 Å². The lowest BCUT2D eigenvalue weighted by Gasteiger charge is -2.33. The van der Waals surface area contributed by atoms with Crippen LogP contribution < -0.4 is 10.2 Å². The first-order valence-electron chi connectivity index (χ1n) is 13.7. The van der Waals surface area contributed by atoms with E-state index in [1.54, 1.807) is 18.9 Å². The first kappa shape index (κ1) is 28.1. The summed E-state index contributed by atoms with van der Waals surface area (Å²) in [5.74, 6) is -1.08. The standard InChI is InChI=1S/C30H35FN2O6S/c1-7-38-28(35)19-15-33(16-11-12-16)25-18(26(19)34)13-20(31)24(27(25)37-6)23-14-17-21(9-8-10-22(17)40-23)32(5)29(36)39-30(2,3)4/h13-16,21H,7-12H2,1-6H3. The molecule has 0 aliphatic heterocycles. The van der Waals surface area contributed by atoms with Gasteiger partial charge in [-0.3, -0.25) is 4.79 Å². The van der Waals surface area contributed by atoms with Crippen LogP contribution in [0.25, 0.3) is 21.3 Å². The van der Waals surface area contributed by atoms with Crippen LogP contribution in [0.4, 0.5) is 9.18 Å². The highest BCUT2D eigenvalue weighted by atomic mass is 32.1. The lowest BCUT2D eigenvalue weighted by molar-refractivity contribution is 0.0205. The summed E-state index contributed by atoms with van der Waals surface area (Å²) in [5.41, 5.74) is 0.389. The first-order valence-corrected chi connectivity index (χ1v) is 14.5. The van der Waals surface area contributed by atoms with Gasteiger partial charge in [0, 0.05) is 29.0 Å². The summed E-state index contributed by atoms with van der Waals surface area (Å²) in [6.07, 6.45) is 5.36. The van der Waals surface area contributed by atoms with E-state index in [2.05, 4.69) is 0 Å². The molecule has 0 radical (unpaired) electrons. The van der Waals surface area contributed by atoms with Gasteiger partial charge in [-0.25, -0.2) is 14.0 Å². The van der Waals surface area contributed by atoms with Crippen LogP contribution in [0.3, 0.4) is 0 Å². The summed E-state index contributed by atoms with van der Waals surface area (Å²) < 4.78 is 34.4. The molecule has 10 heteroatoms. The monoisotopic (exact) mass is 570 g/mol. The Morgan fingerprint density at radius 1 is 1.20 bits per heavy atom. The average molecular weight is 571 g/mol. The number of pyridine rings is 1. The smallest absolute Gasteiger partial charge is 0.410 e. The van der Waals surface area contributed by atoms with Gasteiger partial charge in [0.15, 0.2) is 5.75 Å². The number of hydrogen-bond donors (Lipinski definition) is 0. The quantitative estimate of drug-likeness (QED) is 0.309. The number of methoxy groups -OCH3 is 1. The van der Waals surface area contributed by atoms with Gasteiger partial charge in [0.2, 0.25) is 5.43 Å². The average Bonchev–Trinajstić information content (AvgIpc) is 3.64. The van der Waals surface area contributed by atoms with Gasteiger partial charge >= 0.3 is 12.1 Å². The minimum absolute atomic E-state index is 0.0758. The molecule has 2 aromatic heterocycles. The number of aromatic nitrogens is 1. The summed E-state index contributed by atoms with van der Waals surface area (Å²) in [4.78, 5) is 42.2. The van der Waals surface area contributed by atoms with E-state index in [1.807, 2.05) is 31.4 Å². The summed E-state index contributed by atoms with van der Waals surface area (Å²) in [6, 6.07) is 3.02. The first-order chi connectivity index (χ1) is 18.9. The van der Waals surface area contributed by atoms with E-state index >= 15 is 4.39 Å². The third-order valence-electron chi connectivity index (χ3n) is 7.34. The maximum atomic E-state index is 16.0. The number of nitrogens with zero attached hydrogens (tertiary/aromatic N) is 2. The molecule has 1 saturated carbocycles. The molecule has 1 unspecified atom stereocenters. The Hall–Kier alpha value is -3.40. The maximum Gasteiger partial charge on any atom is 0.410 e. The molecular formula is C30H35FN2O6S. The zero-order chi connectivity index (χ0) is 28.9. The highest BCUT2D eigenvalue weighted by Crippen LogP contribution is 2.48. The topological polar surface area (TPSA) is 87.1 Å². The molecule has 3 aromatic rings. The number of aryl methyl sites for hydroxylation is 1. The molecule has 40 heavy (non-hydrogen) atoms. The van der Waals surface area contributed by atoms with E-state index in [9.17, 15) is 14.4 Å². The molecule has 1 fully saturated rings. The summed E-state index contributed by atoms with van der Waals surface area (Å²) in [5, 5.41) is 0.0828. The Kier molecular flexibility index (Phi) is 7.41. The second-order valence-corrected chi connectivity index (χ2v) is 12.5. The van der Waals surface area contributed by atoms with Crippen LogP contribution in [-0.2, 0) is 15.9 Å². The normalized spacial score (nSPS) is 16.9. The van der Waals surface area contributed by atoms with Crippen LogP contribution in [-0.4, -0.2) is 47.9 Å². The number of thiophene rings is 1. The number of rotatable bonds is 6. The molecular weight excluding hydrogens is 535 g/mol. The Morgan fingerprint density at radius 2 is 1.93 bits per heavy atom. The Bertz CT molecular complexity index is 1550. The van der Waals surface area contributed by atoms with Crippen molar-refractivity contribution in [3.8, 4) is 16.2 Å². The van der Waals surface area contributed by atoms with Crippen LogP contribution >= 0.6 is 11.3 Å². The highest BCUT2D eigenvalue weighted by Gasteiger charge is 2.34. The molecule has 8 nitrogen and oxygen atoms in total. The van der Waals surface area contributed by atoms with E-state index in [0.717, 1.165) is 42.5 Å². The number of esters is 1. The van der Waals surface area contributed by atoms with Gasteiger partial charge in [-0.2, -0.15) is 0 Å². The van der Waals surface area contributed by atoms with E-state index in [0.29, 0.717) is 10.4 Å². The predicted octanol–water partition coefficient (Wildman–Crippen LogP) is 6.63. The van der Waals surface area contributed by atoms with Gasteiger partial charge in [0.1, 0.15) is 17.0 Å². The minimum Gasteiger partial charge on any atom is -0.494 e. The Labute approximate surface area is 236 Å². The highest BCUT2D eigenvalue weighted by molar-refractivity contribution is 7.15. The van der Waals surface area contributed by atoms with Crippen LogP contribution in [0.2, 0.25) is 0 Å². The van der Waals surface area contributed by atoms with Crippen LogP contribution in [0.5, 0.6) is 5.75 Å². The second-order valence-electron chi connectivity index (χ2n) is 11.4. The lowest BCUT2D eigenvalue weighted by atomic mass is 9.92. The minimum atomic E-state index is -0.724. The fourth-order valence-corrected chi connectivity index (χ4v) is 6.70. The van der Waals surface area contributed by atoms with Crippen molar-refractivity contribution in [2.75, 3.05) is 20.8 Å². The van der Waals surface area contributed by atoms with Crippen molar-refractivity contribution in [3.05, 3.63) is 50.4 Å². The summed E-state index contributed by atoms with van der Waals surface area (Å²) >= 11 is 1.48. The molecule has 5 rings (SSSR count). The largest absolute Gasteiger partial charge is 0.494 e. The molecule has 2 aliphatic carbocycles. The molecule has 1 atom stereocenters. The van der Waals surface area contributed by atoms with Crippen molar-refractivity contribution in [2.45, 2.75) is 77.5 Å².